The van der Waals surface area contributed by atoms with Crippen LogP contribution in [0.1, 0.15) is 40.3 Å². The van der Waals surface area contributed by atoms with E-state index in [4.69, 9.17) is 9.97 Å². The van der Waals surface area contributed by atoms with Gasteiger partial charge >= 0.3 is 0 Å². The van der Waals surface area contributed by atoms with E-state index in [1.807, 2.05) is 11.3 Å². The molecule has 49 heavy (non-hydrogen) atoms. The summed E-state index contributed by atoms with van der Waals surface area (Å²) in [7, 11) is 0. The van der Waals surface area contributed by atoms with Crippen LogP contribution in [-0.4, -0.2) is 9.97 Å². The van der Waals surface area contributed by atoms with E-state index in [-0.39, 0.29) is 0 Å². The van der Waals surface area contributed by atoms with Gasteiger partial charge < -0.3 is 0 Å². The molecule has 0 fully saturated rings. The maximum absolute atomic E-state index is 4.78. The molecule has 0 bridgehead atoms. The number of hydrogen-bond donors (Lipinski definition) is 0. The fraction of sp³-hybridized carbons (Fsp3) is 0.0870. The van der Waals surface area contributed by atoms with Crippen molar-refractivity contribution in [1.82, 2.24) is 9.97 Å². The number of fused-ring (bicyclic) bond motifs is 9. The zero-order valence-electron chi connectivity index (χ0n) is 26.9. The van der Waals surface area contributed by atoms with Gasteiger partial charge in [-0.3, -0.25) is 9.97 Å². The molecule has 2 heterocycles. The zero-order valence-corrected chi connectivity index (χ0v) is 27.8. The minimum atomic E-state index is 0.358. The first-order valence-electron chi connectivity index (χ1n) is 17.1. The molecule has 10 rings (SSSR count). The van der Waals surface area contributed by atoms with Crippen molar-refractivity contribution in [3.8, 4) is 22.3 Å². The van der Waals surface area contributed by atoms with Gasteiger partial charge in [-0.15, -0.1) is 11.3 Å². The summed E-state index contributed by atoms with van der Waals surface area (Å²) >= 11 is 2.00. The molecule has 3 heteroatoms. The molecule has 0 aliphatic heterocycles. The first-order chi connectivity index (χ1) is 24.3. The minimum absolute atomic E-state index is 0.358. The maximum Gasteiger partial charge on any atom is 0.0971 e. The van der Waals surface area contributed by atoms with E-state index in [9.17, 15) is 0 Å². The normalized spacial score (nSPS) is 15.7. The van der Waals surface area contributed by atoms with Gasteiger partial charge in [0.15, 0.2) is 0 Å². The van der Waals surface area contributed by atoms with Crippen LogP contribution in [0.3, 0.4) is 0 Å². The first kappa shape index (κ1) is 28.4. The van der Waals surface area contributed by atoms with Crippen molar-refractivity contribution in [3.63, 3.8) is 0 Å². The first-order valence-corrected chi connectivity index (χ1v) is 17.9. The summed E-state index contributed by atoms with van der Waals surface area (Å²) in [6.45, 7) is 0. The van der Waals surface area contributed by atoms with Crippen molar-refractivity contribution in [2.45, 2.75) is 25.2 Å². The van der Waals surface area contributed by atoms with Crippen molar-refractivity contribution in [1.29, 1.82) is 0 Å². The highest BCUT2D eigenvalue weighted by Crippen LogP contribution is 2.43. The summed E-state index contributed by atoms with van der Waals surface area (Å²) in [5.74, 6) is 0.358. The fourth-order valence-corrected chi connectivity index (χ4v) is 9.30. The number of hydrogen-bond acceptors (Lipinski definition) is 3. The standard InChI is InChI=1S/C46H32N2S/c1-2-14-40-37(12-1)38-23-22-34(28-42(38)45-44(40)47-24-25-48-45)33-10-5-8-31(26-33)29-18-20-30(21-19-29)32-9-6-11-35(27-32)36-15-7-16-41-39-13-3-4-17-43(39)49-46(36)41/h1-3,5-16,18-26,28,32H,4,17,27H2. The van der Waals surface area contributed by atoms with Crippen LogP contribution in [0.25, 0.3) is 76.6 Å². The molecule has 0 saturated heterocycles. The van der Waals surface area contributed by atoms with Crippen LogP contribution in [0.5, 0.6) is 0 Å². The summed E-state index contributed by atoms with van der Waals surface area (Å²) in [4.78, 5) is 11.0. The Bertz CT molecular complexity index is 2650. The second-order valence-electron chi connectivity index (χ2n) is 13.2. The highest BCUT2D eigenvalue weighted by molar-refractivity contribution is 7.19. The Balaban J connectivity index is 0.947. The number of allylic oxidation sites excluding steroid dienone is 5. The van der Waals surface area contributed by atoms with Crippen molar-refractivity contribution >= 4 is 65.7 Å². The fourth-order valence-electron chi connectivity index (χ4n) is 7.94. The van der Waals surface area contributed by atoms with Gasteiger partial charge in [-0.25, -0.2) is 0 Å². The molecular weight excluding hydrogens is 613 g/mol. The van der Waals surface area contributed by atoms with E-state index in [0.717, 1.165) is 41.1 Å². The van der Waals surface area contributed by atoms with Crippen LogP contribution in [0.4, 0.5) is 0 Å². The highest BCUT2D eigenvalue weighted by atomic mass is 32.1. The van der Waals surface area contributed by atoms with Crippen molar-refractivity contribution in [3.05, 3.63) is 167 Å². The van der Waals surface area contributed by atoms with Crippen LogP contribution in [0.2, 0.25) is 0 Å². The average Bonchev–Trinajstić information content (AvgIpc) is 3.57. The zero-order chi connectivity index (χ0) is 32.3. The lowest BCUT2D eigenvalue weighted by Gasteiger charge is -2.20. The Morgan fingerprint density at radius 2 is 1.33 bits per heavy atom. The largest absolute Gasteiger partial charge is 0.252 e. The molecule has 8 aromatic rings. The number of rotatable bonds is 4. The predicted octanol–water partition coefficient (Wildman–Crippen LogP) is 12.6. The van der Waals surface area contributed by atoms with Crippen LogP contribution in [0.15, 0.2) is 146 Å². The van der Waals surface area contributed by atoms with E-state index in [0.29, 0.717) is 5.92 Å². The van der Waals surface area contributed by atoms with Crippen LogP contribution in [0, 0.1) is 0 Å². The van der Waals surface area contributed by atoms with Crippen LogP contribution >= 0.6 is 11.3 Å². The summed E-state index contributed by atoms with van der Waals surface area (Å²) < 4.78 is 1.44. The highest BCUT2D eigenvalue weighted by Gasteiger charge is 2.20. The number of aromatic nitrogens is 2. The molecule has 1 unspecified atom stereocenters. The van der Waals surface area contributed by atoms with Gasteiger partial charge in [0.25, 0.3) is 0 Å². The summed E-state index contributed by atoms with van der Waals surface area (Å²) in [5.41, 5.74) is 12.3. The second-order valence-corrected chi connectivity index (χ2v) is 14.3. The summed E-state index contributed by atoms with van der Waals surface area (Å²) in [5, 5.41) is 6.10. The SMILES string of the molecule is C1=CC(c2ccc(-c3cccc(-c4ccc5c6ccccc6c6nccnc6c5c4)c3)cc2)CC(c2cccc3c4c(sc23)CCC=C4)=C1. The molecule has 0 amide bonds. The Morgan fingerprint density at radius 3 is 2.20 bits per heavy atom. The van der Waals surface area contributed by atoms with E-state index >= 15 is 0 Å². The van der Waals surface area contributed by atoms with E-state index in [1.54, 1.807) is 12.4 Å². The molecule has 2 aromatic heterocycles. The Hall–Kier alpha value is -5.64. The third-order valence-electron chi connectivity index (χ3n) is 10.4. The molecule has 2 nitrogen and oxygen atoms in total. The van der Waals surface area contributed by atoms with Crippen molar-refractivity contribution in [2.24, 2.45) is 0 Å². The molecule has 0 spiro atoms. The molecule has 1 atom stereocenters. The number of aryl methyl sites for hydroxylation is 1. The molecule has 0 saturated carbocycles. The maximum atomic E-state index is 4.78. The molecule has 232 valence electrons. The summed E-state index contributed by atoms with van der Waals surface area (Å²) in [6, 6.07) is 40.2. The molecule has 2 aliphatic carbocycles. The van der Waals surface area contributed by atoms with Gasteiger partial charge in [0.05, 0.1) is 11.0 Å². The van der Waals surface area contributed by atoms with Gasteiger partial charge in [-0.2, -0.15) is 0 Å². The smallest absolute Gasteiger partial charge is 0.0971 e. The van der Waals surface area contributed by atoms with Gasteiger partial charge in [0.2, 0.25) is 0 Å². The number of nitrogens with zero attached hydrogens (tertiary/aromatic N) is 2. The third kappa shape index (κ3) is 4.76. The Morgan fingerprint density at radius 1 is 0.612 bits per heavy atom. The van der Waals surface area contributed by atoms with Crippen molar-refractivity contribution < 1.29 is 0 Å². The molecule has 6 aromatic carbocycles. The molecule has 0 radical (unpaired) electrons. The van der Waals surface area contributed by atoms with Gasteiger partial charge in [-0.05, 0) is 86.7 Å². The van der Waals surface area contributed by atoms with Gasteiger partial charge in [0.1, 0.15) is 0 Å². The Kier molecular flexibility index (Phi) is 6.66. The molecule has 0 N–H and O–H groups in total. The second kappa shape index (κ2) is 11.5. The van der Waals surface area contributed by atoms with Crippen LogP contribution in [-0.2, 0) is 6.42 Å². The van der Waals surface area contributed by atoms with Gasteiger partial charge in [-0.1, -0.05) is 127 Å². The lowest BCUT2D eigenvalue weighted by molar-refractivity contribution is 0.869. The lowest BCUT2D eigenvalue weighted by Crippen LogP contribution is -2.01. The lowest BCUT2D eigenvalue weighted by atomic mass is 9.84. The molecule has 2 aliphatic rings. The minimum Gasteiger partial charge on any atom is -0.252 e. The third-order valence-corrected chi connectivity index (χ3v) is 11.7. The van der Waals surface area contributed by atoms with E-state index in [1.165, 1.54) is 70.3 Å². The summed E-state index contributed by atoms with van der Waals surface area (Å²) in [6.07, 6.45) is 18.5. The van der Waals surface area contributed by atoms with Crippen molar-refractivity contribution in [2.75, 3.05) is 0 Å². The number of benzene rings is 6. The van der Waals surface area contributed by atoms with Gasteiger partial charge in [0, 0.05) is 44.0 Å². The monoisotopic (exact) mass is 644 g/mol. The van der Waals surface area contributed by atoms with E-state index < -0.39 is 0 Å². The Labute approximate surface area is 289 Å². The van der Waals surface area contributed by atoms with Crippen LogP contribution < -0.4 is 0 Å². The van der Waals surface area contributed by atoms with E-state index in [2.05, 4.69) is 140 Å². The topological polar surface area (TPSA) is 25.8 Å². The predicted molar refractivity (Wildman–Crippen MR) is 209 cm³/mol. The molecular formula is C46H32N2S. The number of thiophene rings is 1. The quantitative estimate of drug-likeness (QED) is 0.178. The average molecular weight is 645 g/mol.